The van der Waals surface area contributed by atoms with Gasteiger partial charge >= 0.3 is 5.97 Å². The smallest absolute Gasteiger partial charge is 0.337 e. The van der Waals surface area contributed by atoms with Crippen molar-refractivity contribution in [3.05, 3.63) is 65.5 Å². The van der Waals surface area contributed by atoms with E-state index in [1.165, 1.54) is 7.11 Å². The number of aromatic nitrogens is 1. The summed E-state index contributed by atoms with van der Waals surface area (Å²) in [6, 6.07) is 10.1. The lowest BCUT2D eigenvalue weighted by Gasteiger charge is -2.17. The number of nitrogens with zero attached hydrogens (tertiary/aromatic N) is 2. The van der Waals surface area contributed by atoms with Gasteiger partial charge in [0.05, 0.1) is 12.7 Å². The molecule has 5 heteroatoms. The van der Waals surface area contributed by atoms with Gasteiger partial charge in [0.25, 0.3) is 5.91 Å². The Labute approximate surface area is 123 Å². The summed E-state index contributed by atoms with van der Waals surface area (Å²) in [7, 11) is 3.05. The quantitative estimate of drug-likeness (QED) is 0.807. The van der Waals surface area contributed by atoms with Crippen LogP contribution in [0.1, 0.15) is 26.3 Å². The Hall–Kier alpha value is -2.69. The molecule has 1 heterocycles. The highest BCUT2D eigenvalue weighted by Gasteiger charge is 2.13. The van der Waals surface area contributed by atoms with Gasteiger partial charge in [0, 0.05) is 31.5 Å². The van der Waals surface area contributed by atoms with Crippen LogP contribution in [0.4, 0.5) is 0 Å². The van der Waals surface area contributed by atoms with Crippen LogP contribution in [0, 0.1) is 0 Å². The van der Waals surface area contributed by atoms with Crippen LogP contribution in [-0.4, -0.2) is 35.9 Å². The lowest BCUT2D eigenvalue weighted by molar-refractivity contribution is 0.0600. The van der Waals surface area contributed by atoms with Crippen LogP contribution in [0.25, 0.3) is 0 Å². The summed E-state index contributed by atoms with van der Waals surface area (Å²) >= 11 is 0. The number of amides is 1. The second-order valence-electron chi connectivity index (χ2n) is 4.59. The SMILES string of the molecule is COC(=O)c1ccc(C(=O)N(C)Cc2cccnc2)cc1. The molecule has 1 amide bonds. The van der Waals surface area contributed by atoms with Crippen LogP contribution in [0.2, 0.25) is 0 Å². The number of carbonyl (C=O) groups is 2. The number of rotatable bonds is 4. The lowest BCUT2D eigenvalue weighted by Crippen LogP contribution is -2.26. The number of methoxy groups -OCH3 is 1. The zero-order valence-corrected chi connectivity index (χ0v) is 11.9. The Morgan fingerprint density at radius 2 is 1.81 bits per heavy atom. The Balaban J connectivity index is 2.07. The zero-order chi connectivity index (χ0) is 15.2. The molecular formula is C16H16N2O3. The molecule has 0 N–H and O–H groups in total. The van der Waals surface area contributed by atoms with Crippen molar-refractivity contribution in [1.82, 2.24) is 9.88 Å². The van der Waals surface area contributed by atoms with Gasteiger partial charge in [-0.1, -0.05) is 6.07 Å². The van der Waals surface area contributed by atoms with E-state index in [9.17, 15) is 9.59 Å². The molecule has 0 atom stereocenters. The van der Waals surface area contributed by atoms with E-state index in [1.807, 2.05) is 12.1 Å². The molecule has 0 aliphatic heterocycles. The molecule has 21 heavy (non-hydrogen) atoms. The first kappa shape index (κ1) is 14.7. The number of hydrogen-bond donors (Lipinski definition) is 0. The second kappa shape index (κ2) is 6.65. The van der Waals surface area contributed by atoms with Gasteiger partial charge in [-0.05, 0) is 35.9 Å². The van der Waals surface area contributed by atoms with Crippen molar-refractivity contribution in [3.63, 3.8) is 0 Å². The topological polar surface area (TPSA) is 59.5 Å². The van der Waals surface area contributed by atoms with Crippen LogP contribution < -0.4 is 0 Å². The minimum absolute atomic E-state index is 0.115. The fourth-order valence-electron chi connectivity index (χ4n) is 1.92. The van der Waals surface area contributed by atoms with Gasteiger partial charge in [0.2, 0.25) is 0 Å². The number of benzene rings is 1. The third kappa shape index (κ3) is 3.66. The van der Waals surface area contributed by atoms with Crippen molar-refractivity contribution in [3.8, 4) is 0 Å². The first-order chi connectivity index (χ1) is 10.1. The standard InChI is InChI=1S/C16H16N2O3/c1-18(11-12-4-3-9-17-10-12)15(19)13-5-7-14(8-6-13)16(20)21-2/h3-10H,11H2,1-2H3. The van der Waals surface area contributed by atoms with Crippen molar-refractivity contribution in [1.29, 1.82) is 0 Å². The highest BCUT2D eigenvalue weighted by Crippen LogP contribution is 2.10. The fraction of sp³-hybridized carbons (Fsp3) is 0.188. The number of pyridine rings is 1. The van der Waals surface area contributed by atoms with Crippen LogP contribution in [0.15, 0.2) is 48.8 Å². The molecule has 0 spiro atoms. The van der Waals surface area contributed by atoms with Crippen LogP contribution in [0.5, 0.6) is 0 Å². The third-order valence-electron chi connectivity index (χ3n) is 3.04. The lowest BCUT2D eigenvalue weighted by atomic mass is 10.1. The van der Waals surface area contributed by atoms with E-state index in [-0.39, 0.29) is 5.91 Å². The van der Waals surface area contributed by atoms with Crippen LogP contribution in [0.3, 0.4) is 0 Å². The van der Waals surface area contributed by atoms with E-state index in [1.54, 1.807) is 48.6 Å². The van der Waals surface area contributed by atoms with Gasteiger partial charge in [0.1, 0.15) is 0 Å². The maximum absolute atomic E-state index is 12.3. The van der Waals surface area contributed by atoms with Crippen molar-refractivity contribution in [2.24, 2.45) is 0 Å². The highest BCUT2D eigenvalue weighted by atomic mass is 16.5. The summed E-state index contributed by atoms with van der Waals surface area (Å²) < 4.78 is 4.62. The van der Waals surface area contributed by atoms with Crippen molar-refractivity contribution < 1.29 is 14.3 Å². The maximum atomic E-state index is 12.3. The number of ether oxygens (including phenoxy) is 1. The van der Waals surface area contributed by atoms with Crippen molar-refractivity contribution >= 4 is 11.9 Å². The molecule has 0 radical (unpaired) electrons. The normalized spacial score (nSPS) is 10.0. The molecule has 108 valence electrons. The van der Waals surface area contributed by atoms with Gasteiger partial charge in [-0.25, -0.2) is 4.79 Å². The van der Waals surface area contributed by atoms with Crippen LogP contribution in [-0.2, 0) is 11.3 Å². The summed E-state index contributed by atoms with van der Waals surface area (Å²) in [5, 5.41) is 0. The van der Waals surface area contributed by atoms with E-state index < -0.39 is 5.97 Å². The molecule has 0 aliphatic rings. The van der Waals surface area contributed by atoms with Crippen LogP contribution >= 0.6 is 0 Å². The van der Waals surface area contributed by atoms with Gasteiger partial charge < -0.3 is 9.64 Å². The van der Waals surface area contributed by atoms with E-state index in [2.05, 4.69) is 9.72 Å². The molecule has 0 unspecified atom stereocenters. The molecule has 5 nitrogen and oxygen atoms in total. The Bertz CT molecular complexity index is 624. The average Bonchev–Trinajstić information content (AvgIpc) is 2.54. The predicted molar refractivity (Wildman–Crippen MR) is 77.8 cm³/mol. The summed E-state index contributed by atoms with van der Waals surface area (Å²) in [5.41, 5.74) is 1.90. The van der Waals surface area contributed by atoms with E-state index >= 15 is 0 Å². The summed E-state index contributed by atoms with van der Waals surface area (Å²) in [6.45, 7) is 0.478. The molecule has 2 aromatic rings. The first-order valence-corrected chi connectivity index (χ1v) is 6.44. The number of carbonyl (C=O) groups excluding carboxylic acids is 2. The largest absolute Gasteiger partial charge is 0.465 e. The minimum Gasteiger partial charge on any atom is -0.465 e. The number of hydrogen-bond acceptors (Lipinski definition) is 4. The Kier molecular flexibility index (Phi) is 4.66. The third-order valence-corrected chi connectivity index (χ3v) is 3.04. The van der Waals surface area contributed by atoms with E-state index in [0.29, 0.717) is 17.7 Å². The highest BCUT2D eigenvalue weighted by molar-refractivity contribution is 5.96. The zero-order valence-electron chi connectivity index (χ0n) is 11.9. The molecule has 1 aromatic heterocycles. The maximum Gasteiger partial charge on any atom is 0.337 e. The molecule has 0 saturated carbocycles. The average molecular weight is 284 g/mol. The van der Waals surface area contributed by atoms with E-state index in [0.717, 1.165) is 5.56 Å². The molecule has 0 aliphatic carbocycles. The molecule has 0 bridgehead atoms. The van der Waals surface area contributed by atoms with Gasteiger partial charge in [0.15, 0.2) is 0 Å². The molecular weight excluding hydrogens is 268 g/mol. The first-order valence-electron chi connectivity index (χ1n) is 6.44. The molecule has 0 saturated heterocycles. The van der Waals surface area contributed by atoms with Crippen molar-refractivity contribution in [2.45, 2.75) is 6.54 Å². The Morgan fingerprint density at radius 3 is 2.38 bits per heavy atom. The summed E-state index contributed by atoms with van der Waals surface area (Å²) in [4.78, 5) is 29.3. The Morgan fingerprint density at radius 1 is 1.14 bits per heavy atom. The molecule has 0 fully saturated rings. The monoisotopic (exact) mass is 284 g/mol. The molecule has 1 aromatic carbocycles. The van der Waals surface area contributed by atoms with Gasteiger partial charge in [-0.2, -0.15) is 0 Å². The number of esters is 1. The van der Waals surface area contributed by atoms with Crippen molar-refractivity contribution in [2.75, 3.05) is 14.2 Å². The molecule has 2 rings (SSSR count). The van der Waals surface area contributed by atoms with Gasteiger partial charge in [-0.3, -0.25) is 9.78 Å². The van der Waals surface area contributed by atoms with Gasteiger partial charge in [-0.15, -0.1) is 0 Å². The second-order valence-corrected chi connectivity index (χ2v) is 4.59. The van der Waals surface area contributed by atoms with E-state index in [4.69, 9.17) is 0 Å². The fourth-order valence-corrected chi connectivity index (χ4v) is 1.92. The minimum atomic E-state index is -0.419. The summed E-state index contributed by atoms with van der Waals surface area (Å²) in [6.07, 6.45) is 3.42. The summed E-state index contributed by atoms with van der Waals surface area (Å²) in [5.74, 6) is -0.534. The predicted octanol–water partition coefficient (Wildman–Crippen LogP) is 2.14.